The number of halogens is 1. The lowest BCUT2D eigenvalue weighted by atomic mass is 9.61. The molecule has 0 atom stereocenters. The number of methoxy groups -OCH3 is 1. The van der Waals surface area contributed by atoms with E-state index in [0.29, 0.717) is 38.8 Å². The molecular formula is C21H21ClN4O3. The lowest BCUT2D eigenvalue weighted by molar-refractivity contribution is 0.0657. The smallest absolute Gasteiger partial charge is 0.337 e. The number of carboxylic acid groups (broad SMARTS) is 1. The zero-order valence-corrected chi connectivity index (χ0v) is 16.7. The quantitative estimate of drug-likeness (QED) is 0.605. The van der Waals surface area contributed by atoms with Crippen LogP contribution in [0.25, 0.3) is 22.0 Å². The number of carbonyl (C=O) groups is 1. The van der Waals surface area contributed by atoms with Crippen LogP contribution < -0.4 is 15.4 Å². The molecule has 5 rings (SSSR count). The Hall–Kier alpha value is -2.77. The number of aromatic amines is 1. The monoisotopic (exact) mass is 412 g/mol. The van der Waals surface area contributed by atoms with Gasteiger partial charge in [0.2, 0.25) is 5.88 Å². The van der Waals surface area contributed by atoms with Gasteiger partial charge in [0.25, 0.3) is 0 Å². The Kier molecular flexibility index (Phi) is 4.01. The van der Waals surface area contributed by atoms with Crippen molar-refractivity contribution in [2.45, 2.75) is 18.9 Å². The molecule has 3 aromatic rings. The molecular weight excluding hydrogens is 392 g/mol. The van der Waals surface area contributed by atoms with Gasteiger partial charge < -0.3 is 25.5 Å². The van der Waals surface area contributed by atoms with E-state index in [9.17, 15) is 9.90 Å². The molecule has 1 aromatic carbocycles. The molecule has 1 saturated heterocycles. The van der Waals surface area contributed by atoms with E-state index < -0.39 is 5.97 Å². The fourth-order valence-corrected chi connectivity index (χ4v) is 5.00. The van der Waals surface area contributed by atoms with E-state index in [2.05, 4.69) is 14.9 Å². The number of ether oxygens (including phenoxy) is 1. The van der Waals surface area contributed by atoms with Crippen molar-refractivity contribution in [3.8, 4) is 17.0 Å². The van der Waals surface area contributed by atoms with Gasteiger partial charge in [-0.1, -0.05) is 11.6 Å². The number of nitrogens with one attached hydrogen (secondary N) is 1. The molecule has 2 aromatic heterocycles. The van der Waals surface area contributed by atoms with Gasteiger partial charge in [0, 0.05) is 52.8 Å². The van der Waals surface area contributed by atoms with E-state index in [0.717, 1.165) is 37.3 Å². The van der Waals surface area contributed by atoms with Crippen molar-refractivity contribution in [1.82, 2.24) is 9.97 Å². The maximum Gasteiger partial charge on any atom is 0.337 e. The highest BCUT2D eigenvalue weighted by atomic mass is 35.5. The lowest BCUT2D eigenvalue weighted by Gasteiger charge is -2.58. The number of carboxylic acids is 1. The number of benzene rings is 1. The minimum absolute atomic E-state index is 0.200. The van der Waals surface area contributed by atoms with Crippen LogP contribution in [-0.4, -0.2) is 47.3 Å². The number of H-pyrrole nitrogens is 1. The van der Waals surface area contributed by atoms with Crippen molar-refractivity contribution in [2.24, 2.45) is 11.1 Å². The fraction of sp³-hybridized carbons (Fsp3) is 0.333. The Bertz CT molecular complexity index is 1130. The van der Waals surface area contributed by atoms with Crippen molar-refractivity contribution in [2.75, 3.05) is 25.1 Å². The second kappa shape index (κ2) is 6.37. The molecule has 3 heterocycles. The van der Waals surface area contributed by atoms with E-state index in [4.69, 9.17) is 22.1 Å². The van der Waals surface area contributed by atoms with Gasteiger partial charge in [0.1, 0.15) is 5.82 Å². The molecule has 1 saturated carbocycles. The number of aromatic carboxylic acids is 1. The van der Waals surface area contributed by atoms with Crippen LogP contribution in [0.2, 0.25) is 5.02 Å². The predicted octanol–water partition coefficient (Wildman–Crippen LogP) is 3.52. The first kappa shape index (κ1) is 18.3. The Morgan fingerprint density at radius 3 is 2.76 bits per heavy atom. The number of rotatable bonds is 4. The largest absolute Gasteiger partial charge is 0.480 e. The van der Waals surface area contributed by atoms with Gasteiger partial charge in [-0.2, -0.15) is 4.98 Å². The van der Waals surface area contributed by atoms with Gasteiger partial charge in [-0.15, -0.1) is 0 Å². The number of aromatic nitrogens is 2. The summed E-state index contributed by atoms with van der Waals surface area (Å²) in [6, 6.07) is 7.72. The van der Waals surface area contributed by atoms with Crippen LogP contribution in [0.3, 0.4) is 0 Å². The molecule has 1 spiro atoms. The number of fused-ring (bicyclic) bond motifs is 1. The molecule has 2 aliphatic rings. The molecule has 1 aliphatic carbocycles. The van der Waals surface area contributed by atoms with Crippen LogP contribution in [0, 0.1) is 5.41 Å². The lowest BCUT2D eigenvalue weighted by Crippen LogP contribution is -2.65. The fourth-order valence-electron chi connectivity index (χ4n) is 4.73. The molecule has 4 N–H and O–H groups in total. The minimum atomic E-state index is -0.993. The summed E-state index contributed by atoms with van der Waals surface area (Å²) >= 11 is 6.50. The summed E-state index contributed by atoms with van der Waals surface area (Å²) in [6.07, 6.45) is 3.63. The summed E-state index contributed by atoms with van der Waals surface area (Å²) in [5.74, 6) is 0.330. The Balaban J connectivity index is 1.50. The Labute approximate surface area is 172 Å². The molecule has 2 fully saturated rings. The van der Waals surface area contributed by atoms with E-state index in [1.807, 2.05) is 12.1 Å². The van der Waals surface area contributed by atoms with Crippen LogP contribution in [0.15, 0.2) is 30.5 Å². The van der Waals surface area contributed by atoms with Gasteiger partial charge in [-0.05, 0) is 37.1 Å². The van der Waals surface area contributed by atoms with Gasteiger partial charge in [0.05, 0.1) is 17.7 Å². The number of hydrogen-bond acceptors (Lipinski definition) is 5. The molecule has 0 radical (unpaired) electrons. The van der Waals surface area contributed by atoms with Gasteiger partial charge in [0.15, 0.2) is 0 Å². The third-order valence-corrected chi connectivity index (χ3v) is 6.41. The van der Waals surface area contributed by atoms with Crippen LogP contribution in [0.1, 0.15) is 23.2 Å². The van der Waals surface area contributed by atoms with Gasteiger partial charge >= 0.3 is 5.97 Å². The van der Waals surface area contributed by atoms with Gasteiger partial charge in [-0.3, -0.25) is 0 Å². The highest BCUT2D eigenvalue weighted by Gasteiger charge is 2.51. The second-order valence-corrected chi connectivity index (χ2v) is 8.54. The maximum absolute atomic E-state index is 11.5. The van der Waals surface area contributed by atoms with Crippen molar-refractivity contribution in [1.29, 1.82) is 0 Å². The Morgan fingerprint density at radius 1 is 1.34 bits per heavy atom. The molecule has 29 heavy (non-hydrogen) atoms. The highest BCUT2D eigenvalue weighted by molar-refractivity contribution is 6.34. The predicted molar refractivity (Wildman–Crippen MR) is 112 cm³/mol. The molecule has 150 valence electrons. The number of hydrogen-bond donors (Lipinski definition) is 3. The number of nitrogens with zero attached hydrogens (tertiary/aromatic N) is 2. The van der Waals surface area contributed by atoms with Crippen LogP contribution in [-0.2, 0) is 0 Å². The summed E-state index contributed by atoms with van der Waals surface area (Å²) in [6.45, 7) is 1.93. The van der Waals surface area contributed by atoms with Crippen LogP contribution >= 0.6 is 11.6 Å². The van der Waals surface area contributed by atoms with Crippen LogP contribution in [0.4, 0.5) is 5.82 Å². The average Bonchev–Trinajstić information content (AvgIpc) is 3.05. The average molecular weight is 413 g/mol. The molecule has 0 amide bonds. The molecule has 8 heteroatoms. The summed E-state index contributed by atoms with van der Waals surface area (Å²) in [4.78, 5) is 21.4. The second-order valence-electron chi connectivity index (χ2n) is 8.14. The zero-order valence-electron chi connectivity index (χ0n) is 15.9. The third kappa shape index (κ3) is 2.84. The standard InChI is InChI=1S/C21H21ClN4O3/c1-29-19-12(2-3-18(25-19)26-9-21(10-26)6-11(23)7-21)13-4-14-15(20(27)28)8-24-17(14)5-16(13)22/h2-5,8,11,24H,6-7,9-10,23H2,1H3,(H,27,28). The van der Waals surface area contributed by atoms with E-state index in [1.165, 1.54) is 6.20 Å². The van der Waals surface area contributed by atoms with Crippen LogP contribution in [0.5, 0.6) is 5.88 Å². The number of pyridine rings is 1. The third-order valence-electron chi connectivity index (χ3n) is 6.10. The summed E-state index contributed by atoms with van der Waals surface area (Å²) in [5.41, 5.74) is 8.59. The van der Waals surface area contributed by atoms with E-state index in [1.54, 1.807) is 19.2 Å². The summed E-state index contributed by atoms with van der Waals surface area (Å²) in [5, 5.41) is 10.5. The molecule has 1 aliphatic heterocycles. The Morgan fingerprint density at radius 2 is 2.10 bits per heavy atom. The zero-order chi connectivity index (χ0) is 20.3. The van der Waals surface area contributed by atoms with Gasteiger partial charge in [-0.25, -0.2) is 4.79 Å². The normalized spacial score (nSPS) is 18.0. The molecule has 0 unspecified atom stereocenters. The molecule has 0 bridgehead atoms. The highest BCUT2D eigenvalue weighted by Crippen LogP contribution is 2.49. The summed E-state index contributed by atoms with van der Waals surface area (Å²) in [7, 11) is 1.57. The maximum atomic E-state index is 11.5. The van der Waals surface area contributed by atoms with Crippen molar-refractivity contribution >= 4 is 34.3 Å². The van der Waals surface area contributed by atoms with Crippen molar-refractivity contribution < 1.29 is 14.6 Å². The first-order valence-electron chi connectivity index (χ1n) is 9.49. The van der Waals surface area contributed by atoms with Crippen molar-refractivity contribution in [3.05, 3.63) is 41.0 Å². The molecule has 7 nitrogen and oxygen atoms in total. The topological polar surface area (TPSA) is 104 Å². The summed E-state index contributed by atoms with van der Waals surface area (Å²) < 4.78 is 5.55. The minimum Gasteiger partial charge on any atom is -0.480 e. The first-order valence-corrected chi connectivity index (χ1v) is 9.87. The van der Waals surface area contributed by atoms with E-state index >= 15 is 0 Å². The van der Waals surface area contributed by atoms with Crippen molar-refractivity contribution in [3.63, 3.8) is 0 Å². The first-order chi connectivity index (χ1) is 13.9. The SMILES string of the molecule is COc1nc(N2CC3(CC(N)C3)C2)ccc1-c1cc2c(C(=O)O)c[nH]c2cc1Cl. The number of nitrogens with two attached hydrogens (primary N) is 1. The van der Waals surface area contributed by atoms with E-state index in [-0.39, 0.29) is 5.56 Å². The number of anilines is 1.